The zero-order valence-electron chi connectivity index (χ0n) is 13.0. The molecule has 120 valence electrons. The number of carbonyl (C=O) groups excluding carboxylic acids is 1. The van der Waals surface area contributed by atoms with Crippen molar-refractivity contribution >= 4 is 5.97 Å². The highest BCUT2D eigenvalue weighted by atomic mass is 16.6. The first-order valence-corrected chi connectivity index (χ1v) is 7.22. The number of nitriles is 1. The van der Waals surface area contributed by atoms with Crippen molar-refractivity contribution in [3.8, 4) is 11.8 Å². The molecule has 0 aliphatic rings. The van der Waals surface area contributed by atoms with E-state index in [9.17, 15) is 4.79 Å². The van der Waals surface area contributed by atoms with E-state index in [1.165, 1.54) is 0 Å². The molecule has 1 atom stereocenters. The number of nitrogens with zero attached hydrogens (tertiary/aromatic N) is 5. The summed E-state index contributed by atoms with van der Waals surface area (Å²) < 4.78 is 12.3. The molecule has 1 aromatic carbocycles. The fraction of sp³-hybridized carbons (Fsp3) is 0.400. The van der Waals surface area contributed by atoms with Crippen LogP contribution >= 0.6 is 0 Å². The van der Waals surface area contributed by atoms with Gasteiger partial charge in [-0.3, -0.25) is 0 Å². The summed E-state index contributed by atoms with van der Waals surface area (Å²) in [5.74, 6) is 0.468. The smallest absolute Gasteiger partial charge is 0.347 e. The van der Waals surface area contributed by atoms with Crippen LogP contribution in [0.25, 0.3) is 0 Å². The zero-order chi connectivity index (χ0) is 16.7. The van der Waals surface area contributed by atoms with Crippen molar-refractivity contribution in [3.63, 3.8) is 0 Å². The van der Waals surface area contributed by atoms with Crippen molar-refractivity contribution in [3.05, 3.63) is 35.7 Å². The van der Waals surface area contributed by atoms with Crippen LogP contribution in [0.1, 0.15) is 31.7 Å². The summed E-state index contributed by atoms with van der Waals surface area (Å²) in [6.07, 6.45) is 0.0999. The van der Waals surface area contributed by atoms with Gasteiger partial charge in [0.15, 0.2) is 18.5 Å². The van der Waals surface area contributed by atoms with Crippen molar-refractivity contribution in [2.75, 3.05) is 0 Å². The van der Waals surface area contributed by atoms with Crippen molar-refractivity contribution in [1.29, 1.82) is 5.26 Å². The molecule has 1 heterocycles. The largest absolute Gasteiger partial charge is 0.479 e. The van der Waals surface area contributed by atoms with Crippen LogP contribution in [0, 0.1) is 11.3 Å². The first-order valence-electron chi connectivity index (χ1n) is 7.22. The van der Waals surface area contributed by atoms with Gasteiger partial charge in [0.25, 0.3) is 0 Å². The second-order valence-corrected chi connectivity index (χ2v) is 4.82. The zero-order valence-corrected chi connectivity index (χ0v) is 13.0. The van der Waals surface area contributed by atoms with E-state index in [0.717, 1.165) is 6.42 Å². The topological polar surface area (TPSA) is 103 Å². The van der Waals surface area contributed by atoms with Crippen molar-refractivity contribution in [2.24, 2.45) is 0 Å². The minimum atomic E-state index is -0.779. The third kappa shape index (κ3) is 4.51. The van der Waals surface area contributed by atoms with Gasteiger partial charge in [0.1, 0.15) is 5.75 Å². The van der Waals surface area contributed by atoms with Gasteiger partial charge in [-0.1, -0.05) is 6.92 Å². The predicted octanol–water partition coefficient (Wildman–Crippen LogP) is 1.47. The maximum Gasteiger partial charge on any atom is 0.347 e. The van der Waals surface area contributed by atoms with Crippen LogP contribution in [0.2, 0.25) is 0 Å². The third-order valence-electron chi connectivity index (χ3n) is 3.01. The lowest BCUT2D eigenvalue weighted by molar-refractivity contribution is -0.152. The van der Waals surface area contributed by atoms with Crippen LogP contribution in [0.15, 0.2) is 24.3 Å². The Morgan fingerprint density at radius 1 is 1.39 bits per heavy atom. The fourth-order valence-electron chi connectivity index (χ4n) is 1.83. The third-order valence-corrected chi connectivity index (χ3v) is 3.01. The molecule has 0 radical (unpaired) electrons. The van der Waals surface area contributed by atoms with Crippen molar-refractivity contribution in [1.82, 2.24) is 20.2 Å². The second kappa shape index (κ2) is 7.89. The lowest BCUT2D eigenvalue weighted by atomic mass is 10.2. The summed E-state index contributed by atoms with van der Waals surface area (Å²) in [6, 6.07) is 8.51. The molecule has 0 fully saturated rings. The van der Waals surface area contributed by atoms with E-state index in [2.05, 4.69) is 15.5 Å². The highest BCUT2D eigenvalue weighted by Crippen LogP contribution is 2.14. The van der Waals surface area contributed by atoms with Crippen LogP contribution in [0.4, 0.5) is 0 Å². The molecule has 1 aromatic heterocycles. The van der Waals surface area contributed by atoms with Gasteiger partial charge in [-0.05, 0) is 48.0 Å². The van der Waals surface area contributed by atoms with Crippen LogP contribution in [0.3, 0.4) is 0 Å². The summed E-state index contributed by atoms with van der Waals surface area (Å²) in [5.41, 5.74) is 0.523. The maximum atomic E-state index is 12.0. The van der Waals surface area contributed by atoms with Gasteiger partial charge < -0.3 is 9.47 Å². The van der Waals surface area contributed by atoms with E-state index in [0.29, 0.717) is 23.7 Å². The van der Waals surface area contributed by atoms with Gasteiger partial charge in [0.2, 0.25) is 0 Å². The molecule has 0 saturated heterocycles. The minimum Gasteiger partial charge on any atom is -0.479 e. The van der Waals surface area contributed by atoms with Gasteiger partial charge in [-0.25, -0.2) is 9.48 Å². The van der Waals surface area contributed by atoms with Gasteiger partial charge >= 0.3 is 5.97 Å². The van der Waals surface area contributed by atoms with E-state index in [1.54, 1.807) is 35.9 Å². The molecule has 8 heteroatoms. The summed E-state index contributed by atoms with van der Waals surface area (Å²) in [5, 5.41) is 19.9. The Kier molecular flexibility index (Phi) is 5.63. The molecule has 0 amide bonds. The molecule has 0 aliphatic carbocycles. The van der Waals surface area contributed by atoms with Crippen molar-refractivity contribution < 1.29 is 14.3 Å². The van der Waals surface area contributed by atoms with Crippen LogP contribution in [-0.2, 0) is 22.7 Å². The Bertz CT molecular complexity index is 690. The van der Waals surface area contributed by atoms with Crippen LogP contribution in [0.5, 0.6) is 5.75 Å². The number of tetrazole rings is 1. The number of aryl methyl sites for hydroxylation is 1. The summed E-state index contributed by atoms with van der Waals surface area (Å²) >= 11 is 0. The number of esters is 1. The summed E-state index contributed by atoms with van der Waals surface area (Å²) in [6.45, 7) is 4.25. The Hall–Kier alpha value is -2.95. The normalized spacial score (nSPS) is 11.5. The summed E-state index contributed by atoms with van der Waals surface area (Å²) in [4.78, 5) is 12.0. The van der Waals surface area contributed by atoms with Gasteiger partial charge in [-0.15, -0.1) is 5.10 Å². The Morgan fingerprint density at radius 3 is 2.78 bits per heavy atom. The van der Waals surface area contributed by atoms with E-state index < -0.39 is 12.1 Å². The average Bonchev–Trinajstić information content (AvgIpc) is 3.01. The molecule has 8 nitrogen and oxygen atoms in total. The highest BCUT2D eigenvalue weighted by molar-refractivity contribution is 5.74. The Labute approximate surface area is 133 Å². The van der Waals surface area contributed by atoms with Gasteiger partial charge in [-0.2, -0.15) is 5.26 Å². The second-order valence-electron chi connectivity index (χ2n) is 4.82. The number of ether oxygens (including phenoxy) is 2. The van der Waals surface area contributed by atoms with E-state index in [-0.39, 0.29) is 6.61 Å². The molecule has 0 spiro atoms. The van der Waals surface area contributed by atoms with Crippen LogP contribution in [-0.4, -0.2) is 32.3 Å². The standard InChI is InChI=1S/C15H17N5O3/c1-3-8-20-14(17-18-19-20)10-22-15(21)11(2)23-13-6-4-12(9-16)5-7-13/h4-7,11H,3,8,10H2,1-2H3/t11-/m0/s1. The first kappa shape index (κ1) is 16.4. The molecule has 0 N–H and O–H groups in total. The predicted molar refractivity (Wildman–Crippen MR) is 79.2 cm³/mol. The van der Waals surface area contributed by atoms with Gasteiger partial charge in [0.05, 0.1) is 11.6 Å². The van der Waals surface area contributed by atoms with E-state index in [4.69, 9.17) is 14.7 Å². The highest BCUT2D eigenvalue weighted by Gasteiger charge is 2.18. The Balaban J connectivity index is 1.87. The molecule has 2 rings (SSSR count). The average molecular weight is 315 g/mol. The molecule has 2 aromatic rings. The van der Waals surface area contributed by atoms with E-state index >= 15 is 0 Å². The molecule has 0 bridgehead atoms. The molecule has 0 aliphatic heterocycles. The minimum absolute atomic E-state index is 0.00704. The number of rotatable bonds is 7. The number of carbonyl (C=O) groups is 1. The number of benzene rings is 1. The van der Waals surface area contributed by atoms with Gasteiger partial charge in [0, 0.05) is 6.54 Å². The molecular formula is C15H17N5O3. The molecule has 0 saturated carbocycles. The summed E-state index contributed by atoms with van der Waals surface area (Å²) in [7, 11) is 0. The first-order chi connectivity index (χ1) is 11.1. The lowest BCUT2D eigenvalue weighted by Gasteiger charge is -2.13. The SMILES string of the molecule is CCCn1nnnc1COC(=O)[C@H](C)Oc1ccc(C#N)cc1. The number of hydrogen-bond donors (Lipinski definition) is 0. The number of aromatic nitrogens is 4. The Morgan fingerprint density at radius 2 is 2.13 bits per heavy atom. The number of hydrogen-bond acceptors (Lipinski definition) is 7. The van der Waals surface area contributed by atoms with Crippen molar-refractivity contribution in [2.45, 2.75) is 39.5 Å². The quantitative estimate of drug-likeness (QED) is 0.712. The molecule has 23 heavy (non-hydrogen) atoms. The van der Waals surface area contributed by atoms with Crippen LogP contribution < -0.4 is 4.74 Å². The maximum absolute atomic E-state index is 12.0. The lowest BCUT2D eigenvalue weighted by Crippen LogP contribution is -2.26. The molecule has 0 unspecified atom stereocenters. The monoisotopic (exact) mass is 315 g/mol. The van der Waals surface area contributed by atoms with E-state index in [1.807, 2.05) is 13.0 Å². The molecular weight excluding hydrogens is 298 g/mol. The fourth-order valence-corrected chi connectivity index (χ4v) is 1.83.